The standard InChI is InChI=1S/C18H17NO5/c1-11-6-8-12(9-7-11)10-14(18(23)24)16(20)19-15-5-3-2-4-13(15)17(21)22/h2-9,14H,10H2,1H3,(H,19,20)(H,21,22)(H,23,24). The van der Waals surface area contributed by atoms with Crippen LogP contribution in [-0.4, -0.2) is 28.1 Å². The first-order valence-electron chi connectivity index (χ1n) is 7.30. The molecule has 2 aromatic rings. The van der Waals surface area contributed by atoms with Crippen LogP contribution < -0.4 is 5.32 Å². The summed E-state index contributed by atoms with van der Waals surface area (Å²) in [5.74, 6) is -4.52. The highest BCUT2D eigenvalue weighted by molar-refractivity contribution is 6.07. The second kappa shape index (κ2) is 7.41. The molecule has 2 rings (SSSR count). The van der Waals surface area contributed by atoms with Gasteiger partial charge in [0.25, 0.3) is 0 Å². The summed E-state index contributed by atoms with van der Waals surface area (Å²) in [6, 6.07) is 13.1. The summed E-state index contributed by atoms with van der Waals surface area (Å²) in [7, 11) is 0. The molecule has 1 amide bonds. The van der Waals surface area contributed by atoms with Gasteiger partial charge in [0.1, 0.15) is 5.92 Å². The Morgan fingerprint density at radius 2 is 1.62 bits per heavy atom. The smallest absolute Gasteiger partial charge is 0.337 e. The van der Waals surface area contributed by atoms with E-state index in [4.69, 9.17) is 5.11 Å². The van der Waals surface area contributed by atoms with Gasteiger partial charge in [0.2, 0.25) is 5.91 Å². The van der Waals surface area contributed by atoms with Crippen LogP contribution in [0.1, 0.15) is 21.5 Å². The van der Waals surface area contributed by atoms with Crippen LogP contribution in [0, 0.1) is 12.8 Å². The molecule has 3 N–H and O–H groups in total. The first-order valence-corrected chi connectivity index (χ1v) is 7.30. The number of anilines is 1. The van der Waals surface area contributed by atoms with Crippen LogP contribution in [0.15, 0.2) is 48.5 Å². The van der Waals surface area contributed by atoms with E-state index in [-0.39, 0.29) is 17.7 Å². The molecule has 6 nitrogen and oxygen atoms in total. The number of carbonyl (C=O) groups excluding carboxylic acids is 1. The summed E-state index contributed by atoms with van der Waals surface area (Å²) >= 11 is 0. The molecule has 0 spiro atoms. The molecule has 0 aromatic heterocycles. The highest BCUT2D eigenvalue weighted by atomic mass is 16.4. The number of hydrogen-bond acceptors (Lipinski definition) is 3. The number of carbonyl (C=O) groups is 3. The van der Waals surface area contributed by atoms with E-state index in [2.05, 4.69) is 5.32 Å². The number of benzene rings is 2. The second-order valence-electron chi connectivity index (χ2n) is 5.42. The quantitative estimate of drug-likeness (QED) is 0.708. The highest BCUT2D eigenvalue weighted by Gasteiger charge is 2.27. The molecule has 0 radical (unpaired) electrons. The van der Waals surface area contributed by atoms with Crippen molar-refractivity contribution in [2.75, 3.05) is 5.32 Å². The maximum atomic E-state index is 12.3. The molecule has 6 heteroatoms. The Bertz CT molecular complexity index is 767. The minimum atomic E-state index is -1.31. The average molecular weight is 327 g/mol. The summed E-state index contributed by atoms with van der Waals surface area (Å²) in [5.41, 5.74) is 1.73. The zero-order valence-electron chi connectivity index (χ0n) is 13.0. The first-order chi connectivity index (χ1) is 11.4. The lowest BCUT2D eigenvalue weighted by atomic mass is 9.97. The highest BCUT2D eigenvalue weighted by Crippen LogP contribution is 2.18. The maximum Gasteiger partial charge on any atom is 0.337 e. The number of hydrogen-bond donors (Lipinski definition) is 3. The molecule has 2 aromatic carbocycles. The SMILES string of the molecule is Cc1ccc(CC(C(=O)O)C(=O)Nc2ccccc2C(=O)O)cc1. The van der Waals surface area contributed by atoms with Gasteiger partial charge in [-0.05, 0) is 31.0 Å². The molecule has 0 aliphatic rings. The van der Waals surface area contributed by atoms with Crippen molar-refractivity contribution >= 4 is 23.5 Å². The summed E-state index contributed by atoms with van der Waals surface area (Å²) in [6.45, 7) is 1.91. The second-order valence-corrected chi connectivity index (χ2v) is 5.42. The van der Waals surface area contributed by atoms with E-state index in [9.17, 15) is 19.5 Å². The average Bonchev–Trinajstić information content (AvgIpc) is 2.54. The van der Waals surface area contributed by atoms with Crippen molar-refractivity contribution in [2.24, 2.45) is 5.92 Å². The van der Waals surface area contributed by atoms with Crippen LogP contribution in [0.3, 0.4) is 0 Å². The van der Waals surface area contributed by atoms with E-state index in [1.807, 2.05) is 19.1 Å². The Morgan fingerprint density at radius 1 is 1.00 bits per heavy atom. The van der Waals surface area contributed by atoms with Crippen molar-refractivity contribution in [2.45, 2.75) is 13.3 Å². The van der Waals surface area contributed by atoms with E-state index < -0.39 is 23.8 Å². The molecular weight excluding hydrogens is 310 g/mol. The molecule has 1 atom stereocenters. The molecule has 124 valence electrons. The molecule has 0 saturated carbocycles. The maximum absolute atomic E-state index is 12.3. The lowest BCUT2D eigenvalue weighted by Crippen LogP contribution is -2.31. The van der Waals surface area contributed by atoms with Gasteiger partial charge < -0.3 is 15.5 Å². The fourth-order valence-electron chi connectivity index (χ4n) is 2.25. The number of carboxylic acid groups (broad SMARTS) is 2. The summed E-state index contributed by atoms with van der Waals surface area (Å²) in [6.07, 6.45) is 0.0245. The molecule has 0 aliphatic carbocycles. The Balaban J connectivity index is 2.19. The zero-order valence-corrected chi connectivity index (χ0v) is 13.0. The molecule has 1 unspecified atom stereocenters. The van der Waals surface area contributed by atoms with Crippen molar-refractivity contribution in [3.63, 3.8) is 0 Å². The van der Waals surface area contributed by atoms with Crippen molar-refractivity contribution in [3.05, 3.63) is 65.2 Å². The fraction of sp³-hybridized carbons (Fsp3) is 0.167. The predicted molar refractivity (Wildman–Crippen MR) is 88.0 cm³/mol. The molecule has 0 aliphatic heterocycles. The minimum absolute atomic E-state index is 0.0245. The van der Waals surface area contributed by atoms with Crippen LogP contribution in [-0.2, 0) is 16.0 Å². The fourth-order valence-corrected chi connectivity index (χ4v) is 2.25. The minimum Gasteiger partial charge on any atom is -0.481 e. The third-order valence-corrected chi connectivity index (χ3v) is 3.59. The van der Waals surface area contributed by atoms with E-state index in [1.54, 1.807) is 18.2 Å². The number of para-hydroxylation sites is 1. The Hall–Kier alpha value is -3.15. The third-order valence-electron chi connectivity index (χ3n) is 3.59. The van der Waals surface area contributed by atoms with Crippen molar-refractivity contribution in [3.8, 4) is 0 Å². The van der Waals surface area contributed by atoms with E-state index >= 15 is 0 Å². The molecule has 0 heterocycles. The van der Waals surface area contributed by atoms with Crippen LogP contribution in [0.25, 0.3) is 0 Å². The Kier molecular flexibility index (Phi) is 5.31. The Labute approximate surface area is 138 Å². The Morgan fingerprint density at radius 3 is 2.21 bits per heavy atom. The summed E-state index contributed by atoms with van der Waals surface area (Å²) < 4.78 is 0. The third kappa shape index (κ3) is 4.19. The number of rotatable bonds is 6. The van der Waals surface area contributed by atoms with Crippen molar-refractivity contribution in [1.82, 2.24) is 0 Å². The van der Waals surface area contributed by atoms with E-state index in [0.717, 1.165) is 11.1 Å². The van der Waals surface area contributed by atoms with Gasteiger partial charge in [-0.1, -0.05) is 42.0 Å². The first kappa shape index (κ1) is 17.2. The predicted octanol–water partition coefficient (Wildman–Crippen LogP) is 2.58. The lowest BCUT2D eigenvalue weighted by Gasteiger charge is -2.14. The van der Waals surface area contributed by atoms with Crippen molar-refractivity contribution in [1.29, 1.82) is 0 Å². The topological polar surface area (TPSA) is 104 Å². The lowest BCUT2D eigenvalue weighted by molar-refractivity contribution is -0.145. The van der Waals surface area contributed by atoms with Gasteiger partial charge in [0.15, 0.2) is 0 Å². The molecule has 0 fully saturated rings. The number of nitrogens with one attached hydrogen (secondary N) is 1. The number of aryl methyl sites for hydroxylation is 1. The van der Waals surface area contributed by atoms with Gasteiger partial charge in [-0.2, -0.15) is 0 Å². The van der Waals surface area contributed by atoms with Crippen LogP contribution in [0.5, 0.6) is 0 Å². The van der Waals surface area contributed by atoms with Gasteiger partial charge in [-0.25, -0.2) is 4.79 Å². The van der Waals surface area contributed by atoms with E-state index in [0.29, 0.717) is 0 Å². The number of carboxylic acids is 2. The van der Waals surface area contributed by atoms with Gasteiger partial charge in [0.05, 0.1) is 11.3 Å². The number of aliphatic carboxylic acids is 1. The molecule has 24 heavy (non-hydrogen) atoms. The molecule has 0 bridgehead atoms. The van der Waals surface area contributed by atoms with Gasteiger partial charge in [0, 0.05) is 0 Å². The van der Waals surface area contributed by atoms with Gasteiger partial charge in [-0.15, -0.1) is 0 Å². The largest absolute Gasteiger partial charge is 0.481 e. The zero-order chi connectivity index (χ0) is 17.7. The summed E-state index contributed by atoms with van der Waals surface area (Å²) in [4.78, 5) is 34.9. The van der Waals surface area contributed by atoms with Crippen LogP contribution in [0.4, 0.5) is 5.69 Å². The normalized spacial score (nSPS) is 11.5. The van der Waals surface area contributed by atoms with Crippen LogP contribution in [0.2, 0.25) is 0 Å². The number of amides is 1. The monoisotopic (exact) mass is 327 g/mol. The molecule has 0 saturated heterocycles. The van der Waals surface area contributed by atoms with Gasteiger partial charge >= 0.3 is 11.9 Å². The number of aromatic carboxylic acids is 1. The van der Waals surface area contributed by atoms with E-state index in [1.165, 1.54) is 18.2 Å². The molecular formula is C18H17NO5. The van der Waals surface area contributed by atoms with Crippen molar-refractivity contribution < 1.29 is 24.6 Å². The van der Waals surface area contributed by atoms with Crippen LogP contribution >= 0.6 is 0 Å². The summed E-state index contributed by atoms with van der Waals surface area (Å²) in [5, 5.41) is 20.9. The van der Waals surface area contributed by atoms with Gasteiger partial charge in [-0.3, -0.25) is 9.59 Å².